The highest BCUT2D eigenvalue weighted by molar-refractivity contribution is 5.87. The number of aromatic nitrogens is 1. The van der Waals surface area contributed by atoms with E-state index in [1.807, 2.05) is 24.3 Å². The van der Waals surface area contributed by atoms with Crippen molar-refractivity contribution in [2.24, 2.45) is 0 Å². The average Bonchev–Trinajstić information content (AvgIpc) is 2.42. The maximum atomic E-state index is 11.7. The van der Waals surface area contributed by atoms with Crippen LogP contribution >= 0.6 is 0 Å². The number of nitrogens with zero attached hydrogens (tertiary/aromatic N) is 1. The number of carboxylic acids is 1. The third-order valence-electron chi connectivity index (χ3n) is 3.01. The highest BCUT2D eigenvalue weighted by Gasteiger charge is 2.05. The lowest BCUT2D eigenvalue weighted by Gasteiger charge is -2.07. The van der Waals surface area contributed by atoms with E-state index in [0.29, 0.717) is 6.54 Å². The molecular weight excluding hydrogens is 242 g/mol. The molecule has 98 valence electrons. The maximum absolute atomic E-state index is 11.7. The van der Waals surface area contributed by atoms with Gasteiger partial charge in [-0.3, -0.25) is 4.79 Å². The van der Waals surface area contributed by atoms with Gasteiger partial charge in [0.1, 0.15) is 0 Å². The summed E-state index contributed by atoms with van der Waals surface area (Å²) in [6, 6.07) is 10.5. The number of hydrogen-bond acceptors (Lipinski definition) is 2. The molecule has 0 saturated heterocycles. The Morgan fingerprint density at radius 1 is 1.11 bits per heavy atom. The van der Waals surface area contributed by atoms with Crippen molar-refractivity contribution in [2.45, 2.75) is 19.9 Å². The number of benzene rings is 1. The van der Waals surface area contributed by atoms with Crippen LogP contribution in [0.2, 0.25) is 0 Å². The van der Waals surface area contributed by atoms with Gasteiger partial charge in [-0.25, -0.2) is 4.79 Å². The van der Waals surface area contributed by atoms with Gasteiger partial charge in [0, 0.05) is 12.3 Å². The summed E-state index contributed by atoms with van der Waals surface area (Å²) in [6.45, 7) is 2.46. The van der Waals surface area contributed by atoms with Crippen molar-refractivity contribution < 1.29 is 9.90 Å². The highest BCUT2D eigenvalue weighted by Crippen LogP contribution is 2.07. The lowest BCUT2D eigenvalue weighted by molar-refractivity contribution is 0.0696. The summed E-state index contributed by atoms with van der Waals surface area (Å²) in [6.07, 6.45) is 2.34. The molecule has 1 aromatic heterocycles. The van der Waals surface area contributed by atoms with E-state index in [1.165, 1.54) is 28.5 Å². The Balaban J connectivity index is 2.29. The van der Waals surface area contributed by atoms with E-state index in [4.69, 9.17) is 5.11 Å². The normalized spacial score (nSPS) is 10.4. The van der Waals surface area contributed by atoms with Crippen LogP contribution in [0.25, 0.3) is 0 Å². The smallest absolute Gasteiger partial charge is 0.337 e. The van der Waals surface area contributed by atoms with E-state index in [9.17, 15) is 9.59 Å². The van der Waals surface area contributed by atoms with Gasteiger partial charge in [0.05, 0.1) is 12.1 Å². The van der Waals surface area contributed by atoms with Crippen LogP contribution in [0.4, 0.5) is 0 Å². The predicted octanol–water partition coefficient (Wildman–Crippen LogP) is 2.16. The summed E-state index contributed by atoms with van der Waals surface area (Å²) in [4.78, 5) is 22.6. The Morgan fingerprint density at radius 3 is 2.32 bits per heavy atom. The predicted molar refractivity (Wildman–Crippen MR) is 72.6 cm³/mol. The van der Waals surface area contributed by atoms with Crippen LogP contribution in [0.3, 0.4) is 0 Å². The second-order valence-corrected chi connectivity index (χ2v) is 4.36. The second-order valence-electron chi connectivity index (χ2n) is 4.36. The highest BCUT2D eigenvalue weighted by atomic mass is 16.4. The molecule has 1 heterocycles. The number of aromatic carboxylic acids is 1. The molecule has 0 aliphatic rings. The maximum Gasteiger partial charge on any atom is 0.337 e. The van der Waals surface area contributed by atoms with Gasteiger partial charge in [-0.2, -0.15) is 0 Å². The van der Waals surface area contributed by atoms with Crippen LogP contribution in [0.5, 0.6) is 0 Å². The number of hydrogen-bond donors (Lipinski definition) is 1. The molecule has 4 nitrogen and oxygen atoms in total. The van der Waals surface area contributed by atoms with E-state index in [0.717, 1.165) is 12.0 Å². The van der Waals surface area contributed by atoms with Crippen molar-refractivity contribution in [1.29, 1.82) is 0 Å². The minimum absolute atomic E-state index is 0.116. The fourth-order valence-electron chi connectivity index (χ4n) is 1.86. The molecular formula is C15H15NO3. The molecule has 19 heavy (non-hydrogen) atoms. The number of aryl methyl sites for hydroxylation is 1. The second kappa shape index (κ2) is 5.52. The lowest BCUT2D eigenvalue weighted by atomic mass is 10.1. The van der Waals surface area contributed by atoms with Gasteiger partial charge in [0.2, 0.25) is 0 Å². The van der Waals surface area contributed by atoms with Gasteiger partial charge in [0.25, 0.3) is 5.56 Å². The molecule has 0 bridgehead atoms. The monoisotopic (exact) mass is 257 g/mol. The summed E-state index contributed by atoms with van der Waals surface area (Å²) in [7, 11) is 0. The first-order valence-corrected chi connectivity index (χ1v) is 6.11. The first kappa shape index (κ1) is 13.1. The lowest BCUT2D eigenvalue weighted by Crippen LogP contribution is -2.20. The molecule has 0 unspecified atom stereocenters. The molecule has 0 spiro atoms. The molecule has 0 saturated carbocycles. The van der Waals surface area contributed by atoms with Crippen LogP contribution in [0.1, 0.15) is 28.4 Å². The van der Waals surface area contributed by atoms with Crippen LogP contribution in [-0.2, 0) is 13.0 Å². The summed E-state index contributed by atoms with van der Waals surface area (Å²) >= 11 is 0. The minimum atomic E-state index is -1.03. The molecule has 1 aromatic carbocycles. The molecule has 0 fully saturated rings. The zero-order valence-corrected chi connectivity index (χ0v) is 10.7. The van der Waals surface area contributed by atoms with E-state index in [-0.39, 0.29) is 11.1 Å². The van der Waals surface area contributed by atoms with Crippen LogP contribution in [0, 0.1) is 0 Å². The molecule has 0 amide bonds. The van der Waals surface area contributed by atoms with Crippen molar-refractivity contribution in [3.05, 3.63) is 69.6 Å². The van der Waals surface area contributed by atoms with Crippen LogP contribution in [-0.4, -0.2) is 15.6 Å². The van der Waals surface area contributed by atoms with Crippen LogP contribution in [0.15, 0.2) is 47.4 Å². The topological polar surface area (TPSA) is 59.3 Å². The van der Waals surface area contributed by atoms with Gasteiger partial charge in [-0.15, -0.1) is 0 Å². The Labute approximate surface area is 110 Å². The molecule has 2 rings (SSSR count). The van der Waals surface area contributed by atoms with E-state index in [2.05, 4.69) is 6.92 Å². The van der Waals surface area contributed by atoms with Gasteiger partial charge >= 0.3 is 5.97 Å². The Bertz CT molecular complexity index is 641. The van der Waals surface area contributed by atoms with E-state index >= 15 is 0 Å². The zero-order chi connectivity index (χ0) is 13.8. The molecule has 4 heteroatoms. The summed E-state index contributed by atoms with van der Waals surface area (Å²) in [5.74, 6) is -1.03. The SMILES string of the molecule is CCc1ccc(Cn2cc(C(=O)O)ccc2=O)cc1. The fourth-order valence-corrected chi connectivity index (χ4v) is 1.86. The largest absolute Gasteiger partial charge is 0.478 e. The molecule has 0 atom stereocenters. The Hall–Kier alpha value is -2.36. The van der Waals surface area contributed by atoms with Crippen molar-refractivity contribution in [3.8, 4) is 0 Å². The minimum Gasteiger partial charge on any atom is -0.478 e. The Morgan fingerprint density at radius 2 is 1.74 bits per heavy atom. The van der Waals surface area contributed by atoms with Gasteiger partial charge < -0.3 is 9.67 Å². The van der Waals surface area contributed by atoms with Crippen molar-refractivity contribution in [2.75, 3.05) is 0 Å². The fraction of sp³-hybridized carbons (Fsp3) is 0.200. The summed E-state index contributed by atoms with van der Waals surface area (Å²) in [5, 5.41) is 8.92. The standard InChI is InChI=1S/C15H15NO3/c1-2-11-3-5-12(6-4-11)9-16-10-13(15(18)19)7-8-14(16)17/h3-8,10H,2,9H2,1H3,(H,18,19). The number of carboxylic acid groups (broad SMARTS) is 1. The van der Waals surface area contributed by atoms with E-state index < -0.39 is 5.97 Å². The third-order valence-corrected chi connectivity index (χ3v) is 3.01. The molecule has 0 aliphatic heterocycles. The van der Waals surface area contributed by atoms with Gasteiger partial charge in [-0.1, -0.05) is 31.2 Å². The molecule has 0 radical (unpaired) electrons. The average molecular weight is 257 g/mol. The summed E-state index contributed by atoms with van der Waals surface area (Å²) in [5.41, 5.74) is 2.12. The van der Waals surface area contributed by atoms with Crippen LogP contribution < -0.4 is 5.56 Å². The van der Waals surface area contributed by atoms with Crippen molar-refractivity contribution in [1.82, 2.24) is 4.57 Å². The quantitative estimate of drug-likeness (QED) is 0.913. The molecule has 0 aliphatic carbocycles. The first-order valence-electron chi connectivity index (χ1n) is 6.11. The molecule has 1 N–H and O–H groups in total. The third kappa shape index (κ3) is 3.10. The Kier molecular flexibility index (Phi) is 3.80. The first-order chi connectivity index (χ1) is 9.10. The number of pyridine rings is 1. The number of rotatable bonds is 4. The van der Waals surface area contributed by atoms with Gasteiger partial charge in [-0.05, 0) is 23.6 Å². The van der Waals surface area contributed by atoms with Crippen molar-refractivity contribution >= 4 is 5.97 Å². The van der Waals surface area contributed by atoms with E-state index in [1.54, 1.807) is 0 Å². The van der Waals surface area contributed by atoms with Crippen molar-refractivity contribution in [3.63, 3.8) is 0 Å². The number of carbonyl (C=O) groups is 1. The molecule has 2 aromatic rings. The van der Waals surface area contributed by atoms with Gasteiger partial charge in [0.15, 0.2) is 0 Å². The zero-order valence-electron chi connectivity index (χ0n) is 10.7. The summed E-state index contributed by atoms with van der Waals surface area (Å²) < 4.78 is 1.41.